The molecule has 0 radical (unpaired) electrons. The maximum absolute atomic E-state index is 12.4. The number of aromatic nitrogens is 1. The predicted octanol–water partition coefficient (Wildman–Crippen LogP) is 4.43. The third-order valence-electron chi connectivity index (χ3n) is 4.38. The van der Waals surface area contributed by atoms with E-state index in [0.717, 1.165) is 5.82 Å². The minimum absolute atomic E-state index is 0.0888. The van der Waals surface area contributed by atoms with E-state index in [2.05, 4.69) is 4.98 Å². The van der Waals surface area contributed by atoms with Crippen LogP contribution < -0.4 is 4.90 Å². The monoisotopic (exact) mass is 358 g/mol. The van der Waals surface area contributed by atoms with Gasteiger partial charge in [-0.05, 0) is 12.1 Å². The van der Waals surface area contributed by atoms with Crippen LogP contribution in [-0.2, 0) is 0 Å². The summed E-state index contributed by atoms with van der Waals surface area (Å²) < 4.78 is 0. The number of ketones is 2. The second kappa shape index (κ2) is 9.43. The zero-order valence-corrected chi connectivity index (χ0v) is 15.1. The molecule has 0 bridgehead atoms. The predicted molar refractivity (Wildman–Crippen MR) is 107 cm³/mol. The molecule has 0 amide bonds. The Balaban J connectivity index is 1.65. The molecule has 0 atom stereocenters. The highest BCUT2D eigenvalue weighted by Gasteiger charge is 2.14. The van der Waals surface area contributed by atoms with Crippen LogP contribution in [0.1, 0.15) is 33.6 Å². The molecule has 0 fully saturated rings. The van der Waals surface area contributed by atoms with Gasteiger partial charge in [-0.3, -0.25) is 9.59 Å². The SMILES string of the molecule is O=C(CCN(CCC(=O)c1ccccc1)c1ccccn1)c1ccccc1. The van der Waals surface area contributed by atoms with Gasteiger partial charge in [-0.25, -0.2) is 4.98 Å². The van der Waals surface area contributed by atoms with Gasteiger partial charge in [0.05, 0.1) is 0 Å². The Morgan fingerprint density at radius 3 is 1.59 bits per heavy atom. The minimum atomic E-state index is 0.0888. The van der Waals surface area contributed by atoms with E-state index in [-0.39, 0.29) is 11.6 Å². The van der Waals surface area contributed by atoms with E-state index in [4.69, 9.17) is 0 Å². The van der Waals surface area contributed by atoms with Crippen LogP contribution in [-0.4, -0.2) is 29.6 Å². The Morgan fingerprint density at radius 1 is 0.667 bits per heavy atom. The number of rotatable bonds is 9. The van der Waals surface area contributed by atoms with E-state index < -0.39 is 0 Å². The molecule has 0 aliphatic carbocycles. The molecule has 3 rings (SSSR count). The number of carbonyl (C=O) groups excluding carboxylic acids is 2. The standard InChI is InChI=1S/C23H22N2O2/c26-21(19-9-3-1-4-10-19)14-17-25(23-13-7-8-16-24-23)18-15-22(27)20-11-5-2-6-12-20/h1-13,16H,14-15,17-18H2. The van der Waals surface area contributed by atoms with Crippen LogP contribution in [0.15, 0.2) is 85.1 Å². The van der Waals surface area contributed by atoms with Gasteiger partial charge in [0.1, 0.15) is 5.82 Å². The Morgan fingerprint density at radius 2 is 1.15 bits per heavy atom. The molecule has 3 aromatic rings. The van der Waals surface area contributed by atoms with Crippen molar-refractivity contribution in [2.75, 3.05) is 18.0 Å². The molecule has 2 aromatic carbocycles. The summed E-state index contributed by atoms with van der Waals surface area (Å²) in [5.74, 6) is 0.955. The van der Waals surface area contributed by atoms with E-state index in [9.17, 15) is 9.59 Å². The number of benzene rings is 2. The number of Topliss-reactive ketones (excluding diaryl/α,β-unsaturated/α-hetero) is 2. The molecule has 0 N–H and O–H groups in total. The normalized spacial score (nSPS) is 10.4. The molecule has 0 aliphatic rings. The second-order valence-electron chi connectivity index (χ2n) is 6.25. The van der Waals surface area contributed by atoms with E-state index in [0.29, 0.717) is 37.1 Å². The molecule has 136 valence electrons. The molecule has 1 aromatic heterocycles. The Bertz CT molecular complexity index is 809. The van der Waals surface area contributed by atoms with E-state index in [1.54, 1.807) is 6.20 Å². The minimum Gasteiger partial charge on any atom is -0.356 e. The Labute approximate surface area is 159 Å². The molecule has 0 unspecified atom stereocenters. The smallest absolute Gasteiger partial charge is 0.164 e. The first-order chi connectivity index (χ1) is 13.2. The lowest BCUT2D eigenvalue weighted by molar-refractivity contribution is 0.0983. The van der Waals surface area contributed by atoms with Gasteiger partial charge < -0.3 is 4.90 Å². The highest BCUT2D eigenvalue weighted by atomic mass is 16.1. The van der Waals surface area contributed by atoms with Crippen LogP contribution in [0.2, 0.25) is 0 Å². The van der Waals surface area contributed by atoms with Crippen molar-refractivity contribution in [2.24, 2.45) is 0 Å². The number of pyridine rings is 1. The second-order valence-corrected chi connectivity index (χ2v) is 6.25. The number of anilines is 1. The Kier molecular flexibility index (Phi) is 6.47. The number of carbonyl (C=O) groups is 2. The molecular formula is C23H22N2O2. The van der Waals surface area contributed by atoms with E-state index in [1.807, 2.05) is 83.8 Å². The summed E-state index contributed by atoms with van der Waals surface area (Å²) in [6, 6.07) is 24.2. The van der Waals surface area contributed by atoms with Crippen molar-refractivity contribution in [2.45, 2.75) is 12.8 Å². The van der Waals surface area contributed by atoms with Gasteiger partial charge in [0.15, 0.2) is 11.6 Å². The van der Waals surface area contributed by atoms with Gasteiger partial charge in [0.25, 0.3) is 0 Å². The van der Waals surface area contributed by atoms with Gasteiger partial charge in [-0.1, -0.05) is 66.7 Å². The zero-order chi connectivity index (χ0) is 18.9. The topological polar surface area (TPSA) is 50.3 Å². The lowest BCUT2D eigenvalue weighted by Crippen LogP contribution is -2.29. The lowest BCUT2D eigenvalue weighted by atomic mass is 10.1. The molecule has 0 saturated heterocycles. The maximum Gasteiger partial charge on any atom is 0.164 e. The summed E-state index contributed by atoms with van der Waals surface area (Å²) in [4.78, 5) is 31.2. The zero-order valence-electron chi connectivity index (χ0n) is 15.1. The van der Waals surface area contributed by atoms with Gasteiger partial charge in [0.2, 0.25) is 0 Å². The fourth-order valence-electron chi connectivity index (χ4n) is 2.89. The average Bonchev–Trinajstić information content (AvgIpc) is 2.75. The van der Waals surface area contributed by atoms with Crippen molar-refractivity contribution in [3.8, 4) is 0 Å². The van der Waals surface area contributed by atoms with Crippen molar-refractivity contribution >= 4 is 17.4 Å². The van der Waals surface area contributed by atoms with Crippen LogP contribution in [0.5, 0.6) is 0 Å². The molecule has 1 heterocycles. The third kappa shape index (κ3) is 5.35. The first-order valence-corrected chi connectivity index (χ1v) is 9.06. The summed E-state index contributed by atoms with van der Waals surface area (Å²) >= 11 is 0. The van der Waals surface area contributed by atoms with Crippen molar-refractivity contribution in [3.05, 3.63) is 96.2 Å². The first-order valence-electron chi connectivity index (χ1n) is 9.06. The summed E-state index contributed by atoms with van der Waals surface area (Å²) in [7, 11) is 0. The van der Waals surface area contributed by atoms with Crippen LogP contribution in [0.3, 0.4) is 0 Å². The van der Waals surface area contributed by atoms with Crippen LogP contribution in [0.25, 0.3) is 0 Å². The summed E-state index contributed by atoms with van der Waals surface area (Å²) in [6.45, 7) is 1.04. The highest BCUT2D eigenvalue weighted by molar-refractivity contribution is 5.97. The van der Waals surface area contributed by atoms with Crippen molar-refractivity contribution in [1.82, 2.24) is 4.98 Å². The summed E-state index contributed by atoms with van der Waals surface area (Å²) in [5.41, 5.74) is 1.41. The Hall–Kier alpha value is -3.27. The van der Waals surface area contributed by atoms with Crippen molar-refractivity contribution < 1.29 is 9.59 Å². The molecule has 0 spiro atoms. The molecular weight excluding hydrogens is 336 g/mol. The fourth-order valence-corrected chi connectivity index (χ4v) is 2.89. The maximum atomic E-state index is 12.4. The molecule has 0 aliphatic heterocycles. The fraction of sp³-hybridized carbons (Fsp3) is 0.174. The molecule has 4 nitrogen and oxygen atoms in total. The number of hydrogen-bond acceptors (Lipinski definition) is 4. The van der Waals surface area contributed by atoms with Crippen LogP contribution in [0.4, 0.5) is 5.82 Å². The quantitative estimate of drug-likeness (QED) is 0.531. The van der Waals surface area contributed by atoms with Gasteiger partial charge in [0, 0.05) is 43.3 Å². The van der Waals surface area contributed by atoms with E-state index in [1.165, 1.54) is 0 Å². The van der Waals surface area contributed by atoms with Crippen molar-refractivity contribution in [3.63, 3.8) is 0 Å². The van der Waals surface area contributed by atoms with Crippen LogP contribution in [0, 0.1) is 0 Å². The molecule has 4 heteroatoms. The van der Waals surface area contributed by atoms with Gasteiger partial charge >= 0.3 is 0 Å². The highest BCUT2D eigenvalue weighted by Crippen LogP contribution is 2.13. The van der Waals surface area contributed by atoms with Crippen molar-refractivity contribution in [1.29, 1.82) is 0 Å². The summed E-state index contributed by atoms with van der Waals surface area (Å²) in [5, 5.41) is 0. The van der Waals surface area contributed by atoms with Gasteiger partial charge in [-0.15, -0.1) is 0 Å². The lowest BCUT2D eigenvalue weighted by Gasteiger charge is -2.23. The average molecular weight is 358 g/mol. The number of hydrogen-bond donors (Lipinski definition) is 0. The molecule has 27 heavy (non-hydrogen) atoms. The third-order valence-corrected chi connectivity index (χ3v) is 4.38. The molecule has 0 saturated carbocycles. The first kappa shape index (κ1) is 18.5. The largest absolute Gasteiger partial charge is 0.356 e. The number of nitrogens with zero attached hydrogens (tertiary/aromatic N) is 2. The summed E-state index contributed by atoms with van der Waals surface area (Å²) in [6.07, 6.45) is 2.47. The van der Waals surface area contributed by atoms with E-state index >= 15 is 0 Å². The van der Waals surface area contributed by atoms with Crippen LogP contribution >= 0.6 is 0 Å². The van der Waals surface area contributed by atoms with Gasteiger partial charge in [-0.2, -0.15) is 0 Å².